The van der Waals surface area contributed by atoms with Gasteiger partial charge < -0.3 is 41.5 Å². The van der Waals surface area contributed by atoms with Crippen LogP contribution in [0.2, 0.25) is 0 Å². The largest absolute Gasteiger partial charge is 0.504 e. The summed E-state index contributed by atoms with van der Waals surface area (Å²) in [5, 5.41) is 56.0. The molecule has 8 N–H and O–H groups in total. The second-order valence-corrected chi connectivity index (χ2v) is 8.33. The number of hydrogen-bond acceptors (Lipinski definition) is 8. The van der Waals surface area contributed by atoms with Gasteiger partial charge in [-0.05, 0) is 43.3 Å². The number of carbonyl (C=O) groups excluding carboxylic acids is 3. The van der Waals surface area contributed by atoms with Crippen LogP contribution in [0.3, 0.4) is 0 Å². The number of phenolic OH excluding ortho intramolecular Hbond substituents is 4. The molecule has 0 fully saturated rings. The SMILES string of the molecule is CC(O)CNC(=O)c1cccc(O)c1O.O=CNc1cccc2c(NC(=O)c3cccc(O)c3O)cccc12. The van der Waals surface area contributed by atoms with Gasteiger partial charge in [0.25, 0.3) is 11.8 Å². The van der Waals surface area contributed by atoms with E-state index in [1.54, 1.807) is 24.3 Å². The number of rotatable bonds is 7. The molecule has 0 aromatic heterocycles. The van der Waals surface area contributed by atoms with E-state index in [1.807, 2.05) is 12.1 Å². The smallest absolute Gasteiger partial charge is 0.259 e. The van der Waals surface area contributed by atoms with Gasteiger partial charge >= 0.3 is 0 Å². The molecule has 0 saturated heterocycles. The van der Waals surface area contributed by atoms with Crippen molar-refractivity contribution in [3.8, 4) is 23.0 Å². The van der Waals surface area contributed by atoms with E-state index >= 15 is 0 Å². The van der Waals surface area contributed by atoms with Crippen LogP contribution in [0.15, 0.2) is 72.8 Å². The van der Waals surface area contributed by atoms with E-state index in [0.717, 1.165) is 10.8 Å². The Balaban J connectivity index is 0.000000242. The van der Waals surface area contributed by atoms with Crippen LogP contribution in [0.1, 0.15) is 27.6 Å². The number of aliphatic hydroxyl groups excluding tert-OH is 1. The van der Waals surface area contributed by atoms with Crippen molar-refractivity contribution in [1.29, 1.82) is 0 Å². The van der Waals surface area contributed by atoms with Gasteiger partial charge in [-0.2, -0.15) is 0 Å². The van der Waals surface area contributed by atoms with Crippen molar-refractivity contribution in [3.63, 3.8) is 0 Å². The van der Waals surface area contributed by atoms with E-state index in [0.29, 0.717) is 17.8 Å². The summed E-state index contributed by atoms with van der Waals surface area (Å²) < 4.78 is 0. The van der Waals surface area contributed by atoms with Crippen molar-refractivity contribution >= 4 is 40.4 Å². The lowest BCUT2D eigenvalue weighted by Gasteiger charge is -2.12. The molecule has 3 amide bonds. The first-order chi connectivity index (χ1) is 18.6. The summed E-state index contributed by atoms with van der Waals surface area (Å²) >= 11 is 0. The maximum Gasteiger partial charge on any atom is 0.259 e. The maximum atomic E-state index is 12.4. The van der Waals surface area contributed by atoms with E-state index in [2.05, 4.69) is 16.0 Å². The van der Waals surface area contributed by atoms with E-state index in [9.17, 15) is 29.7 Å². The Kier molecular flexibility index (Phi) is 9.28. The number of anilines is 2. The number of carbonyl (C=O) groups is 3. The minimum absolute atomic E-state index is 0.0179. The summed E-state index contributed by atoms with van der Waals surface area (Å²) in [6, 6.07) is 18.9. The third kappa shape index (κ3) is 6.93. The first-order valence-corrected chi connectivity index (χ1v) is 11.7. The number of hydrogen-bond donors (Lipinski definition) is 8. The molecule has 0 bridgehead atoms. The van der Waals surface area contributed by atoms with Crippen LogP contribution >= 0.6 is 0 Å². The molecule has 11 nitrogen and oxygen atoms in total. The average molecular weight is 534 g/mol. The van der Waals surface area contributed by atoms with Crippen molar-refractivity contribution in [2.75, 3.05) is 17.2 Å². The van der Waals surface area contributed by atoms with E-state index < -0.39 is 29.4 Å². The second kappa shape index (κ2) is 12.8. The van der Waals surface area contributed by atoms with Crippen molar-refractivity contribution in [3.05, 3.63) is 83.9 Å². The predicted octanol–water partition coefficient (Wildman–Crippen LogP) is 3.28. The highest BCUT2D eigenvalue weighted by Gasteiger charge is 2.16. The van der Waals surface area contributed by atoms with E-state index in [1.165, 1.54) is 43.3 Å². The number of aromatic hydroxyl groups is 4. The monoisotopic (exact) mass is 533 g/mol. The first-order valence-electron chi connectivity index (χ1n) is 11.7. The van der Waals surface area contributed by atoms with Gasteiger partial charge in [0.05, 0.1) is 17.2 Å². The molecule has 11 heteroatoms. The van der Waals surface area contributed by atoms with Crippen LogP contribution in [0.25, 0.3) is 10.8 Å². The molecule has 0 spiro atoms. The molecule has 0 aliphatic carbocycles. The minimum atomic E-state index is -0.659. The summed E-state index contributed by atoms with van der Waals surface area (Å²) in [6.45, 7) is 1.62. The molecule has 0 radical (unpaired) electrons. The predicted molar refractivity (Wildman–Crippen MR) is 145 cm³/mol. The van der Waals surface area contributed by atoms with Crippen molar-refractivity contribution in [2.24, 2.45) is 0 Å². The number of amides is 3. The van der Waals surface area contributed by atoms with Gasteiger partial charge in [0.2, 0.25) is 6.41 Å². The fraction of sp³-hybridized carbons (Fsp3) is 0.107. The lowest BCUT2D eigenvalue weighted by Crippen LogP contribution is -2.30. The van der Waals surface area contributed by atoms with Crippen molar-refractivity contribution in [1.82, 2.24) is 5.32 Å². The van der Waals surface area contributed by atoms with Gasteiger partial charge in [-0.1, -0.05) is 36.4 Å². The molecular formula is C28H27N3O8. The normalized spacial score (nSPS) is 11.0. The Bertz CT molecular complexity index is 1500. The lowest BCUT2D eigenvalue weighted by atomic mass is 10.1. The molecule has 0 heterocycles. The molecule has 4 rings (SSSR count). The Morgan fingerprint density at radius 3 is 1.77 bits per heavy atom. The lowest BCUT2D eigenvalue weighted by molar-refractivity contribution is -0.105. The summed E-state index contributed by atoms with van der Waals surface area (Å²) in [6.07, 6.45) is -0.0708. The average Bonchev–Trinajstić information content (AvgIpc) is 2.91. The topological polar surface area (TPSA) is 188 Å². The number of fused-ring (bicyclic) bond motifs is 1. The van der Waals surface area contributed by atoms with Crippen molar-refractivity contribution in [2.45, 2.75) is 13.0 Å². The highest BCUT2D eigenvalue weighted by molar-refractivity contribution is 6.12. The second-order valence-electron chi connectivity index (χ2n) is 8.33. The Hall–Kier alpha value is -5.29. The van der Waals surface area contributed by atoms with Crippen molar-refractivity contribution < 1.29 is 39.9 Å². The number of aliphatic hydroxyl groups is 1. The molecule has 0 aliphatic heterocycles. The van der Waals surface area contributed by atoms with Gasteiger partial charge in [-0.25, -0.2) is 0 Å². The van der Waals surface area contributed by atoms with Crippen LogP contribution < -0.4 is 16.0 Å². The number of nitrogens with one attached hydrogen (secondary N) is 3. The third-order valence-electron chi connectivity index (χ3n) is 5.46. The van der Waals surface area contributed by atoms with Crippen LogP contribution in [0.4, 0.5) is 11.4 Å². The summed E-state index contributed by atoms with van der Waals surface area (Å²) in [7, 11) is 0. The highest BCUT2D eigenvalue weighted by atomic mass is 16.3. The zero-order valence-corrected chi connectivity index (χ0v) is 20.8. The Morgan fingerprint density at radius 1 is 0.744 bits per heavy atom. The van der Waals surface area contributed by atoms with Gasteiger partial charge in [0.1, 0.15) is 0 Å². The number of phenols is 4. The molecule has 1 unspecified atom stereocenters. The minimum Gasteiger partial charge on any atom is -0.504 e. The zero-order chi connectivity index (χ0) is 28.5. The molecule has 0 aliphatic rings. The molecule has 202 valence electrons. The molecule has 1 atom stereocenters. The van der Waals surface area contributed by atoms with Gasteiger partial charge in [-0.15, -0.1) is 0 Å². The highest BCUT2D eigenvalue weighted by Crippen LogP contribution is 2.32. The Morgan fingerprint density at radius 2 is 1.23 bits per heavy atom. The van der Waals surface area contributed by atoms with E-state index in [4.69, 9.17) is 10.2 Å². The molecule has 4 aromatic carbocycles. The molecule has 39 heavy (non-hydrogen) atoms. The summed E-state index contributed by atoms with van der Waals surface area (Å²) in [5.41, 5.74) is 1.10. The van der Waals surface area contributed by atoms with Gasteiger partial charge in [0.15, 0.2) is 23.0 Å². The van der Waals surface area contributed by atoms with Crippen LogP contribution in [0.5, 0.6) is 23.0 Å². The Labute approximate surface area is 223 Å². The van der Waals surface area contributed by atoms with Crippen LogP contribution in [-0.4, -0.2) is 56.4 Å². The third-order valence-corrected chi connectivity index (χ3v) is 5.46. The fourth-order valence-corrected chi connectivity index (χ4v) is 3.56. The van der Waals surface area contributed by atoms with Crippen LogP contribution in [0, 0.1) is 0 Å². The molecular weight excluding hydrogens is 506 g/mol. The standard InChI is InChI=1S/C18H14N2O4.C10H13NO4/c21-10-19-14-7-1-5-12-11(14)4-2-8-15(12)20-18(24)13-6-3-9-16(22)17(13)23;1-6(12)5-11-10(15)7-3-2-4-8(13)9(7)14/h1-10,22-23H,(H,19,21)(H,20,24);2-4,6,12-14H,5H2,1H3,(H,11,15). The van der Waals surface area contributed by atoms with E-state index in [-0.39, 0.29) is 29.2 Å². The summed E-state index contributed by atoms with van der Waals surface area (Å²) in [4.78, 5) is 34.5. The quantitative estimate of drug-likeness (QED) is 0.131. The fourth-order valence-electron chi connectivity index (χ4n) is 3.56. The maximum absolute atomic E-state index is 12.4. The zero-order valence-electron chi connectivity index (χ0n) is 20.8. The molecule has 0 saturated carbocycles. The first kappa shape index (κ1) is 28.3. The molecule has 4 aromatic rings. The summed E-state index contributed by atoms with van der Waals surface area (Å²) in [5.74, 6) is -2.73. The van der Waals surface area contributed by atoms with Crippen LogP contribution in [-0.2, 0) is 4.79 Å². The van der Waals surface area contributed by atoms with Gasteiger partial charge in [-0.3, -0.25) is 14.4 Å². The number of benzene rings is 4. The van der Waals surface area contributed by atoms with Gasteiger partial charge in [0, 0.05) is 28.7 Å². The number of para-hydroxylation sites is 2.